The zero-order chi connectivity index (χ0) is 24.3. The number of rotatable bonds is 4. The Morgan fingerprint density at radius 3 is 2.35 bits per heavy atom. The normalized spacial score (nSPS) is 14.3. The summed E-state index contributed by atoms with van der Waals surface area (Å²) >= 11 is 1.64. The van der Waals surface area contributed by atoms with Crippen LogP contribution < -0.4 is 10.2 Å². The van der Waals surface area contributed by atoms with Gasteiger partial charge in [0.05, 0.1) is 5.56 Å². The van der Waals surface area contributed by atoms with Crippen LogP contribution in [0.5, 0.6) is 0 Å². The first-order valence-electron chi connectivity index (χ1n) is 10.7. The van der Waals surface area contributed by atoms with Gasteiger partial charge in [0.2, 0.25) is 0 Å². The summed E-state index contributed by atoms with van der Waals surface area (Å²) in [6.07, 6.45) is -2.44. The fraction of sp³-hybridized carbons (Fsp3) is 0.292. The highest BCUT2D eigenvalue weighted by atomic mass is 32.2. The van der Waals surface area contributed by atoms with Crippen molar-refractivity contribution in [2.75, 3.05) is 42.7 Å². The van der Waals surface area contributed by atoms with Crippen molar-refractivity contribution in [3.05, 3.63) is 65.9 Å². The number of piperazine rings is 1. The van der Waals surface area contributed by atoms with Gasteiger partial charge >= 0.3 is 12.2 Å². The molecule has 0 atom stereocenters. The molecule has 2 amide bonds. The minimum Gasteiger partial charge on any atom is -0.353 e. The van der Waals surface area contributed by atoms with Crippen LogP contribution in [0.25, 0.3) is 11.4 Å². The highest BCUT2D eigenvalue weighted by Crippen LogP contribution is 2.32. The van der Waals surface area contributed by atoms with Crippen LogP contribution in [-0.2, 0) is 6.18 Å². The number of anilines is 2. The second kappa shape index (κ2) is 9.92. The zero-order valence-corrected chi connectivity index (χ0v) is 19.6. The lowest BCUT2D eigenvalue weighted by Crippen LogP contribution is -2.50. The lowest BCUT2D eigenvalue weighted by atomic mass is 10.1. The minimum absolute atomic E-state index is 0.167. The van der Waals surface area contributed by atoms with Gasteiger partial charge in [0.1, 0.15) is 5.82 Å². The molecule has 2 heterocycles. The van der Waals surface area contributed by atoms with E-state index in [9.17, 15) is 18.0 Å². The molecule has 34 heavy (non-hydrogen) atoms. The summed E-state index contributed by atoms with van der Waals surface area (Å²) < 4.78 is 39.4. The molecule has 2 aromatic carbocycles. The van der Waals surface area contributed by atoms with Gasteiger partial charge in [-0.2, -0.15) is 13.2 Å². The molecule has 0 bridgehead atoms. The Labute approximate surface area is 200 Å². The third kappa shape index (κ3) is 5.61. The van der Waals surface area contributed by atoms with Gasteiger partial charge in [-0.3, -0.25) is 0 Å². The molecule has 1 aliphatic rings. The maximum absolute atomic E-state index is 13.1. The highest BCUT2D eigenvalue weighted by molar-refractivity contribution is 7.98. The molecule has 1 aromatic heterocycles. The molecule has 0 unspecified atom stereocenters. The standard InChI is InChI=1S/C24H24F3N5OS/c1-16-14-21(30-22(28-16)17-4-3-5-18(15-17)24(25,26)27)31-10-12-32(13-11-31)23(33)29-19-6-8-20(34-2)9-7-19/h3-9,14-15H,10-13H2,1-2H3,(H,29,33). The number of aromatic nitrogens is 2. The van der Waals surface area contributed by atoms with Gasteiger partial charge in [-0.05, 0) is 49.6 Å². The van der Waals surface area contributed by atoms with Crippen LogP contribution in [0.3, 0.4) is 0 Å². The third-order valence-corrected chi connectivity index (χ3v) is 6.26. The largest absolute Gasteiger partial charge is 0.416 e. The van der Waals surface area contributed by atoms with Crippen LogP contribution in [0.4, 0.5) is 29.5 Å². The number of carbonyl (C=O) groups is 1. The summed E-state index contributed by atoms with van der Waals surface area (Å²) in [5.74, 6) is 0.877. The second-order valence-electron chi connectivity index (χ2n) is 7.90. The fourth-order valence-electron chi connectivity index (χ4n) is 3.69. The fourth-order valence-corrected chi connectivity index (χ4v) is 4.10. The number of aryl methyl sites for hydroxylation is 1. The van der Waals surface area contributed by atoms with Crippen LogP contribution in [0.1, 0.15) is 11.3 Å². The molecular formula is C24H24F3N5OS. The molecule has 3 aromatic rings. The van der Waals surface area contributed by atoms with Gasteiger partial charge in [0.15, 0.2) is 5.82 Å². The zero-order valence-electron chi connectivity index (χ0n) is 18.8. The van der Waals surface area contributed by atoms with Gasteiger partial charge in [0, 0.05) is 54.1 Å². The predicted octanol–water partition coefficient (Wildman–Crippen LogP) is 5.55. The molecule has 0 aliphatic carbocycles. The summed E-state index contributed by atoms with van der Waals surface area (Å²) in [6, 6.07) is 14.3. The van der Waals surface area contributed by atoms with Crippen molar-refractivity contribution in [3.63, 3.8) is 0 Å². The summed E-state index contributed by atoms with van der Waals surface area (Å²) in [5, 5.41) is 2.92. The lowest BCUT2D eigenvalue weighted by Gasteiger charge is -2.35. The molecule has 0 spiro atoms. The average molecular weight is 488 g/mol. The molecule has 10 heteroatoms. The summed E-state index contributed by atoms with van der Waals surface area (Å²) in [6.45, 7) is 3.89. The monoisotopic (exact) mass is 487 g/mol. The van der Waals surface area contributed by atoms with Gasteiger partial charge < -0.3 is 15.1 Å². The van der Waals surface area contributed by atoms with E-state index < -0.39 is 11.7 Å². The van der Waals surface area contributed by atoms with Crippen molar-refractivity contribution in [2.45, 2.75) is 18.0 Å². The van der Waals surface area contributed by atoms with Gasteiger partial charge in [-0.15, -0.1) is 11.8 Å². The third-order valence-electron chi connectivity index (χ3n) is 5.52. The van der Waals surface area contributed by atoms with Gasteiger partial charge in [-0.25, -0.2) is 14.8 Å². The Morgan fingerprint density at radius 1 is 1.00 bits per heavy atom. The molecule has 1 aliphatic heterocycles. The predicted molar refractivity (Wildman–Crippen MR) is 128 cm³/mol. The van der Waals surface area contributed by atoms with Crippen molar-refractivity contribution in [1.82, 2.24) is 14.9 Å². The number of benzene rings is 2. The molecule has 1 saturated heterocycles. The molecule has 1 fully saturated rings. The van der Waals surface area contributed by atoms with Crippen molar-refractivity contribution in [3.8, 4) is 11.4 Å². The number of alkyl halides is 3. The van der Waals surface area contributed by atoms with Crippen molar-refractivity contribution in [1.29, 1.82) is 0 Å². The number of hydrogen-bond donors (Lipinski definition) is 1. The number of nitrogens with zero attached hydrogens (tertiary/aromatic N) is 4. The molecular weight excluding hydrogens is 463 g/mol. The summed E-state index contributed by atoms with van der Waals surface area (Å²) in [4.78, 5) is 26.4. The van der Waals surface area contributed by atoms with Crippen LogP contribution in [0, 0.1) is 6.92 Å². The molecule has 0 saturated carbocycles. The topological polar surface area (TPSA) is 61.4 Å². The minimum atomic E-state index is -4.43. The van der Waals surface area contributed by atoms with Crippen LogP contribution in [0.15, 0.2) is 59.5 Å². The first-order valence-corrected chi connectivity index (χ1v) is 11.9. The molecule has 0 radical (unpaired) electrons. The Balaban J connectivity index is 1.43. The van der Waals surface area contributed by atoms with E-state index in [2.05, 4.69) is 15.3 Å². The number of halogens is 3. The molecule has 1 N–H and O–H groups in total. The Hall–Kier alpha value is -3.27. The van der Waals surface area contributed by atoms with Gasteiger partial charge in [0.25, 0.3) is 0 Å². The summed E-state index contributed by atoms with van der Waals surface area (Å²) in [5.41, 5.74) is 0.971. The number of nitrogens with one attached hydrogen (secondary N) is 1. The van der Waals surface area contributed by atoms with Crippen LogP contribution >= 0.6 is 11.8 Å². The van der Waals surface area contributed by atoms with E-state index in [1.807, 2.05) is 35.4 Å². The van der Waals surface area contributed by atoms with E-state index in [4.69, 9.17) is 0 Å². The lowest BCUT2D eigenvalue weighted by molar-refractivity contribution is -0.137. The van der Waals surface area contributed by atoms with Gasteiger partial charge in [-0.1, -0.05) is 12.1 Å². The molecule has 4 rings (SSSR count). The van der Waals surface area contributed by atoms with E-state index >= 15 is 0 Å². The molecule has 178 valence electrons. The SMILES string of the molecule is CSc1ccc(NC(=O)N2CCN(c3cc(C)nc(-c4cccc(C(F)(F)F)c4)n3)CC2)cc1. The maximum atomic E-state index is 13.1. The van der Waals surface area contributed by atoms with Crippen LogP contribution in [-0.4, -0.2) is 53.3 Å². The molecule has 6 nitrogen and oxygen atoms in total. The van der Waals surface area contributed by atoms with Crippen molar-refractivity contribution in [2.24, 2.45) is 0 Å². The quantitative estimate of drug-likeness (QED) is 0.489. The second-order valence-corrected chi connectivity index (χ2v) is 8.78. The Morgan fingerprint density at radius 2 is 1.71 bits per heavy atom. The van der Waals surface area contributed by atoms with E-state index in [-0.39, 0.29) is 11.9 Å². The highest BCUT2D eigenvalue weighted by Gasteiger charge is 2.31. The first-order chi connectivity index (χ1) is 16.2. The van der Waals surface area contributed by atoms with E-state index in [0.717, 1.165) is 22.7 Å². The number of urea groups is 1. The number of carbonyl (C=O) groups excluding carboxylic acids is 1. The average Bonchev–Trinajstić information content (AvgIpc) is 2.84. The maximum Gasteiger partial charge on any atom is 0.416 e. The Bertz CT molecular complexity index is 1160. The number of amides is 2. The number of hydrogen-bond acceptors (Lipinski definition) is 5. The van der Waals surface area contributed by atoms with E-state index in [0.29, 0.717) is 43.3 Å². The number of thioether (sulfide) groups is 1. The van der Waals surface area contributed by atoms with Crippen LogP contribution in [0.2, 0.25) is 0 Å². The van der Waals surface area contributed by atoms with E-state index in [1.165, 1.54) is 6.07 Å². The van der Waals surface area contributed by atoms with Crippen molar-refractivity contribution < 1.29 is 18.0 Å². The summed E-state index contributed by atoms with van der Waals surface area (Å²) in [7, 11) is 0. The first kappa shape index (κ1) is 23.9. The van der Waals surface area contributed by atoms with Crippen molar-refractivity contribution >= 4 is 29.3 Å². The smallest absolute Gasteiger partial charge is 0.353 e. The van der Waals surface area contributed by atoms with E-state index in [1.54, 1.807) is 35.7 Å². The Kier molecular flexibility index (Phi) is 6.97.